The number of thiophene rings is 1. The van der Waals surface area contributed by atoms with Crippen molar-refractivity contribution in [2.75, 3.05) is 6.54 Å². The van der Waals surface area contributed by atoms with Crippen LogP contribution in [-0.4, -0.2) is 23.2 Å². The van der Waals surface area contributed by atoms with Gasteiger partial charge in [0.15, 0.2) is 0 Å². The quantitative estimate of drug-likeness (QED) is 0.849. The zero-order chi connectivity index (χ0) is 13.1. The molecule has 0 aliphatic rings. The van der Waals surface area contributed by atoms with Gasteiger partial charge in [-0.05, 0) is 38.3 Å². The van der Waals surface area contributed by atoms with E-state index in [-0.39, 0.29) is 5.91 Å². The fraction of sp³-hybridized carbons (Fsp3) is 0.615. The zero-order valence-electron chi connectivity index (χ0n) is 10.9. The molecule has 3 nitrogen and oxygen atoms in total. The first-order chi connectivity index (χ1) is 7.80. The molecular weight excluding hydrogens is 234 g/mol. The van der Waals surface area contributed by atoms with Crippen LogP contribution in [0.4, 0.5) is 0 Å². The second-order valence-corrected chi connectivity index (χ2v) is 6.48. The highest BCUT2D eigenvalue weighted by Gasteiger charge is 2.23. The third-order valence-corrected chi connectivity index (χ3v) is 3.44. The fourth-order valence-electron chi connectivity index (χ4n) is 1.87. The van der Waals surface area contributed by atoms with E-state index >= 15 is 0 Å². The highest BCUT2D eigenvalue weighted by molar-refractivity contribution is 7.13. The summed E-state index contributed by atoms with van der Waals surface area (Å²) in [5, 5.41) is 12.9. The van der Waals surface area contributed by atoms with Crippen LogP contribution in [-0.2, 0) is 0 Å². The standard InChI is InChI=1S/C13H21NO2S/c1-9(2)7-13(4,16)8-14-12(15)11-6-5-10(3)17-11/h5-6,9,16H,7-8H2,1-4H3,(H,14,15). The average molecular weight is 255 g/mol. The second kappa shape index (κ2) is 5.65. The molecule has 0 saturated carbocycles. The maximum absolute atomic E-state index is 11.8. The fourth-order valence-corrected chi connectivity index (χ4v) is 2.65. The molecule has 1 heterocycles. The molecule has 1 amide bonds. The van der Waals surface area contributed by atoms with Gasteiger partial charge in [-0.2, -0.15) is 0 Å². The molecule has 0 aliphatic carbocycles. The van der Waals surface area contributed by atoms with Crippen molar-refractivity contribution in [3.05, 3.63) is 21.9 Å². The van der Waals surface area contributed by atoms with Crippen molar-refractivity contribution in [3.8, 4) is 0 Å². The minimum absolute atomic E-state index is 0.105. The molecule has 4 heteroatoms. The van der Waals surface area contributed by atoms with Crippen molar-refractivity contribution in [1.82, 2.24) is 5.32 Å². The van der Waals surface area contributed by atoms with E-state index in [1.165, 1.54) is 11.3 Å². The first-order valence-corrected chi connectivity index (χ1v) is 6.69. The van der Waals surface area contributed by atoms with E-state index in [0.29, 0.717) is 23.8 Å². The molecule has 1 rings (SSSR count). The smallest absolute Gasteiger partial charge is 0.261 e. The maximum atomic E-state index is 11.8. The Hall–Kier alpha value is -0.870. The Kier molecular flexibility index (Phi) is 4.71. The lowest BCUT2D eigenvalue weighted by Crippen LogP contribution is -2.41. The first-order valence-electron chi connectivity index (χ1n) is 5.87. The number of carbonyl (C=O) groups is 1. The molecule has 1 unspecified atom stereocenters. The van der Waals surface area contributed by atoms with Crippen LogP contribution in [0.1, 0.15) is 41.7 Å². The van der Waals surface area contributed by atoms with Gasteiger partial charge in [-0.1, -0.05) is 13.8 Å². The van der Waals surface area contributed by atoms with Gasteiger partial charge in [-0.3, -0.25) is 4.79 Å². The van der Waals surface area contributed by atoms with E-state index in [4.69, 9.17) is 0 Å². The van der Waals surface area contributed by atoms with Crippen LogP contribution in [0.15, 0.2) is 12.1 Å². The van der Waals surface area contributed by atoms with Gasteiger partial charge in [0.05, 0.1) is 10.5 Å². The number of amides is 1. The topological polar surface area (TPSA) is 49.3 Å². The number of nitrogens with one attached hydrogen (secondary N) is 1. The average Bonchev–Trinajstić information content (AvgIpc) is 2.59. The second-order valence-electron chi connectivity index (χ2n) is 5.19. The maximum Gasteiger partial charge on any atom is 0.261 e. The van der Waals surface area contributed by atoms with Gasteiger partial charge in [0.25, 0.3) is 5.91 Å². The molecule has 96 valence electrons. The van der Waals surface area contributed by atoms with Crippen LogP contribution in [0.25, 0.3) is 0 Å². The van der Waals surface area contributed by atoms with Crippen molar-refractivity contribution >= 4 is 17.2 Å². The Morgan fingerprint density at radius 1 is 1.53 bits per heavy atom. The van der Waals surface area contributed by atoms with Crippen LogP contribution in [0.2, 0.25) is 0 Å². The highest BCUT2D eigenvalue weighted by Crippen LogP contribution is 2.17. The van der Waals surface area contributed by atoms with Crippen LogP contribution < -0.4 is 5.32 Å². The Labute approximate surface area is 107 Å². The highest BCUT2D eigenvalue weighted by atomic mass is 32.1. The lowest BCUT2D eigenvalue weighted by Gasteiger charge is -2.25. The lowest BCUT2D eigenvalue weighted by atomic mass is 9.94. The summed E-state index contributed by atoms with van der Waals surface area (Å²) < 4.78 is 0. The minimum atomic E-state index is -0.837. The molecule has 1 aromatic rings. The van der Waals surface area contributed by atoms with Gasteiger partial charge in [0.1, 0.15) is 0 Å². The van der Waals surface area contributed by atoms with Crippen molar-refractivity contribution in [2.45, 2.75) is 39.7 Å². The van der Waals surface area contributed by atoms with Gasteiger partial charge in [0, 0.05) is 11.4 Å². The van der Waals surface area contributed by atoms with Gasteiger partial charge >= 0.3 is 0 Å². The van der Waals surface area contributed by atoms with Gasteiger partial charge in [-0.25, -0.2) is 0 Å². The monoisotopic (exact) mass is 255 g/mol. The van der Waals surface area contributed by atoms with Crippen molar-refractivity contribution < 1.29 is 9.90 Å². The minimum Gasteiger partial charge on any atom is -0.388 e. The molecule has 1 atom stereocenters. The Bertz CT molecular complexity index is 383. The summed E-state index contributed by atoms with van der Waals surface area (Å²) in [6, 6.07) is 3.73. The summed E-state index contributed by atoms with van der Waals surface area (Å²) in [4.78, 5) is 13.6. The molecule has 0 spiro atoms. The van der Waals surface area contributed by atoms with Crippen molar-refractivity contribution in [1.29, 1.82) is 0 Å². The summed E-state index contributed by atoms with van der Waals surface area (Å²) in [7, 11) is 0. The van der Waals surface area contributed by atoms with Crippen LogP contribution in [0.3, 0.4) is 0 Å². The van der Waals surface area contributed by atoms with Gasteiger partial charge in [0.2, 0.25) is 0 Å². The number of hydrogen-bond acceptors (Lipinski definition) is 3. The van der Waals surface area contributed by atoms with E-state index in [0.717, 1.165) is 4.88 Å². The molecule has 2 N–H and O–H groups in total. The third-order valence-electron chi connectivity index (χ3n) is 2.44. The molecule has 0 bridgehead atoms. The normalized spacial score (nSPS) is 14.7. The summed E-state index contributed by atoms with van der Waals surface area (Å²) in [6.45, 7) is 8.13. The molecule has 0 radical (unpaired) electrons. The number of aliphatic hydroxyl groups is 1. The van der Waals surface area contributed by atoms with Crippen molar-refractivity contribution in [2.24, 2.45) is 5.92 Å². The van der Waals surface area contributed by atoms with Crippen molar-refractivity contribution in [3.63, 3.8) is 0 Å². The Balaban J connectivity index is 2.48. The first kappa shape index (κ1) is 14.2. The number of aryl methyl sites for hydroxylation is 1. The van der Waals surface area contributed by atoms with Crippen LogP contribution >= 0.6 is 11.3 Å². The molecule has 0 saturated heterocycles. The van der Waals surface area contributed by atoms with Gasteiger partial charge in [-0.15, -0.1) is 11.3 Å². The van der Waals surface area contributed by atoms with E-state index in [1.54, 1.807) is 6.92 Å². The van der Waals surface area contributed by atoms with E-state index in [9.17, 15) is 9.90 Å². The summed E-state index contributed by atoms with van der Waals surface area (Å²) in [5.41, 5.74) is -0.837. The largest absolute Gasteiger partial charge is 0.388 e. The van der Waals surface area contributed by atoms with Gasteiger partial charge < -0.3 is 10.4 Å². The predicted octanol–water partition coefficient (Wildman–Crippen LogP) is 2.58. The lowest BCUT2D eigenvalue weighted by molar-refractivity contribution is 0.0369. The van der Waals surface area contributed by atoms with Crippen LogP contribution in [0.5, 0.6) is 0 Å². The summed E-state index contributed by atoms with van der Waals surface area (Å²) >= 11 is 1.47. The summed E-state index contributed by atoms with van der Waals surface area (Å²) in [6.07, 6.45) is 0.677. The number of rotatable bonds is 5. The van der Waals surface area contributed by atoms with E-state index in [1.807, 2.05) is 19.1 Å². The molecular formula is C13H21NO2S. The Morgan fingerprint density at radius 2 is 2.18 bits per heavy atom. The third kappa shape index (κ3) is 4.88. The molecule has 17 heavy (non-hydrogen) atoms. The Morgan fingerprint density at radius 3 is 2.65 bits per heavy atom. The number of hydrogen-bond donors (Lipinski definition) is 2. The molecule has 1 aromatic heterocycles. The molecule has 0 fully saturated rings. The predicted molar refractivity (Wildman–Crippen MR) is 71.5 cm³/mol. The molecule has 0 aromatic carbocycles. The van der Waals surface area contributed by atoms with E-state index < -0.39 is 5.60 Å². The van der Waals surface area contributed by atoms with Crippen LogP contribution in [0, 0.1) is 12.8 Å². The van der Waals surface area contributed by atoms with E-state index in [2.05, 4.69) is 19.2 Å². The number of carbonyl (C=O) groups excluding carboxylic acids is 1. The zero-order valence-corrected chi connectivity index (χ0v) is 11.7. The SMILES string of the molecule is Cc1ccc(C(=O)NCC(C)(O)CC(C)C)s1. The summed E-state index contributed by atoms with van der Waals surface area (Å²) in [5.74, 6) is 0.304. The molecule has 0 aliphatic heterocycles.